The van der Waals surface area contributed by atoms with Crippen LogP contribution in [0.4, 0.5) is 0 Å². The van der Waals surface area contributed by atoms with Gasteiger partial charge in [0.2, 0.25) is 0 Å². The molecule has 0 bridgehead atoms. The molecule has 9 N–H and O–H groups in total. The highest BCUT2D eigenvalue weighted by Gasteiger charge is 2.46. The summed E-state index contributed by atoms with van der Waals surface area (Å²) in [5, 5.41) is 56.4. The highest BCUT2D eigenvalue weighted by molar-refractivity contribution is 5.70. The molecule has 4 rings (SSSR count). The lowest BCUT2D eigenvalue weighted by Crippen LogP contribution is -2.37. The number of nitrogens with one attached hydrogen (secondary N) is 2. The lowest BCUT2D eigenvalue weighted by molar-refractivity contribution is -0.146. The second kappa shape index (κ2) is 19.7. The minimum Gasteiger partial charge on any atom is -0.481 e. The number of carbonyl (C=O) groups is 1. The molecule has 9 heteroatoms. The fourth-order valence-electron chi connectivity index (χ4n) is 8.63. The third-order valence-electron chi connectivity index (χ3n) is 11.5. The Morgan fingerprint density at radius 2 is 1.82 bits per heavy atom. The van der Waals surface area contributed by atoms with Gasteiger partial charge < -0.3 is 41.6 Å². The normalized spacial score (nSPS) is 28.1. The molecule has 0 aromatic carbocycles. The lowest BCUT2D eigenvalue weighted by Gasteiger charge is -2.32. The van der Waals surface area contributed by atoms with E-state index in [-0.39, 0.29) is 36.9 Å². The zero-order valence-electron chi connectivity index (χ0n) is 29.9. The summed E-state index contributed by atoms with van der Waals surface area (Å²) in [6.45, 7) is 3.05. The third kappa shape index (κ3) is 12.3. The van der Waals surface area contributed by atoms with Crippen LogP contribution >= 0.6 is 0 Å². The fourth-order valence-corrected chi connectivity index (χ4v) is 8.63. The van der Waals surface area contributed by atoms with E-state index in [0.717, 1.165) is 62.8 Å². The average molecular weight is 684 g/mol. The molecule has 8 atom stereocenters. The van der Waals surface area contributed by atoms with Crippen LogP contribution in [0.5, 0.6) is 0 Å². The summed E-state index contributed by atoms with van der Waals surface area (Å²) in [6.07, 6.45) is 21.7. The van der Waals surface area contributed by atoms with Gasteiger partial charge in [0.1, 0.15) is 0 Å². The zero-order chi connectivity index (χ0) is 35.2. The molecule has 1 aliphatic heterocycles. The molecule has 3 aliphatic rings. The van der Waals surface area contributed by atoms with Crippen molar-refractivity contribution in [1.29, 1.82) is 0 Å². The smallest absolute Gasteiger partial charge is 0.309 e. The van der Waals surface area contributed by atoms with E-state index >= 15 is 0 Å². The van der Waals surface area contributed by atoms with Crippen LogP contribution in [-0.2, 0) is 17.6 Å². The van der Waals surface area contributed by atoms with Gasteiger partial charge in [-0.05, 0) is 119 Å². The van der Waals surface area contributed by atoms with Gasteiger partial charge in [0.15, 0.2) is 0 Å². The van der Waals surface area contributed by atoms with E-state index in [1.807, 2.05) is 12.1 Å². The van der Waals surface area contributed by atoms with Crippen molar-refractivity contribution in [2.75, 3.05) is 13.2 Å². The molecule has 1 saturated carbocycles. The van der Waals surface area contributed by atoms with Crippen LogP contribution in [0.25, 0.3) is 0 Å². The first-order chi connectivity index (χ1) is 23.6. The molecule has 9 nitrogen and oxygen atoms in total. The number of nitrogens with two attached hydrogens (primary N) is 1. The van der Waals surface area contributed by atoms with Crippen molar-refractivity contribution in [1.82, 2.24) is 10.3 Å². The topological polar surface area (TPSA) is 172 Å². The van der Waals surface area contributed by atoms with Crippen LogP contribution in [0.2, 0.25) is 0 Å². The molecule has 0 amide bonds. The Bertz CT molecular complexity index is 1240. The number of aliphatic hydroxyl groups is 4. The molecular formula is C40H65N3O6. The van der Waals surface area contributed by atoms with E-state index < -0.39 is 23.6 Å². The minimum atomic E-state index is -1.03. The number of unbranched alkanes of at least 4 members (excludes halogenated alkanes) is 4. The van der Waals surface area contributed by atoms with Gasteiger partial charge >= 0.3 is 5.97 Å². The second-order valence-corrected chi connectivity index (χ2v) is 15.4. The number of allylic oxidation sites excluding steroid dienone is 3. The molecule has 276 valence electrons. The maximum atomic E-state index is 12.3. The standard InChI is InChI=1S/C40H65N3O6/c1-2-3-5-9-28-13-14-31(37(46)24-28)10-6-4-7-12-35(39(47)48)36(45)17-19-40(49)27-30(22-29-18-20-42-38(41)25-29)23-32(40)26-34-16-15-33(43-34)11-8-21-44/h13-16,18,25,28,30-32,35-37,42-46,49H,2-12,17,19-24,26-27,41H2,1H3,(H,47,48). The monoisotopic (exact) mass is 683 g/mol. The van der Waals surface area contributed by atoms with Gasteiger partial charge in [-0.15, -0.1) is 0 Å². The van der Waals surface area contributed by atoms with Crippen LogP contribution in [0.15, 0.2) is 47.8 Å². The molecule has 2 aliphatic carbocycles. The first-order valence-electron chi connectivity index (χ1n) is 19.3. The first-order valence-corrected chi connectivity index (χ1v) is 19.3. The number of H-pyrrole nitrogens is 1. The van der Waals surface area contributed by atoms with Crippen molar-refractivity contribution in [3.05, 3.63) is 59.2 Å². The molecule has 2 heterocycles. The minimum absolute atomic E-state index is 0.0308. The Morgan fingerprint density at radius 3 is 2.55 bits per heavy atom. The molecule has 49 heavy (non-hydrogen) atoms. The van der Waals surface area contributed by atoms with Crippen LogP contribution < -0.4 is 11.1 Å². The molecule has 0 spiro atoms. The van der Waals surface area contributed by atoms with Gasteiger partial charge in [0, 0.05) is 30.5 Å². The molecule has 1 aromatic heterocycles. The van der Waals surface area contributed by atoms with Gasteiger partial charge in [-0.3, -0.25) is 4.79 Å². The summed E-state index contributed by atoms with van der Waals surface area (Å²) < 4.78 is 0. The lowest BCUT2D eigenvalue weighted by atomic mass is 9.80. The zero-order valence-corrected chi connectivity index (χ0v) is 29.9. The van der Waals surface area contributed by atoms with Crippen LogP contribution in [0.3, 0.4) is 0 Å². The van der Waals surface area contributed by atoms with Gasteiger partial charge in [-0.2, -0.15) is 0 Å². The second-order valence-electron chi connectivity index (χ2n) is 15.4. The van der Waals surface area contributed by atoms with Crippen molar-refractivity contribution in [3.8, 4) is 0 Å². The number of aliphatic carboxylic acids is 1. The van der Waals surface area contributed by atoms with E-state index in [0.29, 0.717) is 56.8 Å². The van der Waals surface area contributed by atoms with Crippen LogP contribution in [0, 0.1) is 29.6 Å². The maximum Gasteiger partial charge on any atom is 0.309 e. The highest BCUT2D eigenvalue weighted by Crippen LogP contribution is 2.47. The number of aliphatic hydroxyl groups excluding tert-OH is 3. The summed E-state index contributed by atoms with van der Waals surface area (Å²) in [7, 11) is 0. The Hall–Kier alpha value is -2.59. The number of hydrogen-bond donors (Lipinski definition) is 8. The average Bonchev–Trinajstić information content (AvgIpc) is 3.64. The van der Waals surface area contributed by atoms with Crippen molar-refractivity contribution < 1.29 is 30.3 Å². The molecule has 0 saturated heterocycles. The summed E-state index contributed by atoms with van der Waals surface area (Å²) >= 11 is 0. The summed E-state index contributed by atoms with van der Waals surface area (Å²) in [5.41, 5.74) is 8.29. The quantitative estimate of drug-likeness (QED) is 0.0553. The number of hydrogen-bond acceptors (Lipinski definition) is 7. The Labute approximate surface area is 294 Å². The highest BCUT2D eigenvalue weighted by atomic mass is 16.4. The van der Waals surface area contributed by atoms with Crippen molar-refractivity contribution in [2.24, 2.45) is 35.3 Å². The number of carboxylic acids is 1. The summed E-state index contributed by atoms with van der Waals surface area (Å²) in [6, 6.07) is 4.11. The maximum absolute atomic E-state index is 12.3. The predicted molar refractivity (Wildman–Crippen MR) is 194 cm³/mol. The van der Waals surface area contributed by atoms with Gasteiger partial charge in [0.05, 0.1) is 29.5 Å². The number of rotatable bonds is 22. The van der Waals surface area contributed by atoms with Gasteiger partial charge in [-0.1, -0.05) is 63.7 Å². The largest absolute Gasteiger partial charge is 0.481 e. The number of aryl methyl sites for hydroxylation is 1. The third-order valence-corrected chi connectivity index (χ3v) is 11.5. The Morgan fingerprint density at radius 1 is 1.02 bits per heavy atom. The summed E-state index contributed by atoms with van der Waals surface area (Å²) in [5.74, 6) is -0.323. The Kier molecular flexibility index (Phi) is 15.8. The Balaban J connectivity index is 1.28. The number of aromatic nitrogens is 1. The van der Waals surface area contributed by atoms with E-state index in [1.54, 1.807) is 0 Å². The van der Waals surface area contributed by atoms with Gasteiger partial charge in [-0.25, -0.2) is 0 Å². The molecule has 8 unspecified atom stereocenters. The van der Waals surface area contributed by atoms with E-state index in [2.05, 4.69) is 41.5 Å². The van der Waals surface area contributed by atoms with Crippen molar-refractivity contribution in [3.63, 3.8) is 0 Å². The van der Waals surface area contributed by atoms with E-state index in [4.69, 9.17) is 5.73 Å². The molecule has 0 radical (unpaired) electrons. The molecule has 1 fully saturated rings. The summed E-state index contributed by atoms with van der Waals surface area (Å²) in [4.78, 5) is 15.7. The van der Waals surface area contributed by atoms with E-state index in [9.17, 15) is 30.3 Å². The predicted octanol–water partition coefficient (Wildman–Crippen LogP) is 5.89. The van der Waals surface area contributed by atoms with Gasteiger partial charge in [0.25, 0.3) is 0 Å². The van der Waals surface area contributed by atoms with E-state index in [1.165, 1.54) is 24.8 Å². The van der Waals surface area contributed by atoms with Crippen molar-refractivity contribution >= 4 is 5.97 Å². The first kappa shape index (κ1) is 39.2. The SMILES string of the molecule is CCCCCC1C=CC(CCCCCC(C(=O)O)C(O)CCC2(O)CC(CC3=CCNC(N)=C3)CC2Cc2ccc(CCCO)[nH]2)C(O)C1. The van der Waals surface area contributed by atoms with Crippen molar-refractivity contribution in [2.45, 2.75) is 140 Å². The molecular weight excluding hydrogens is 618 g/mol. The van der Waals surface area contributed by atoms with Crippen LogP contribution in [0.1, 0.15) is 121 Å². The van der Waals surface area contributed by atoms with Crippen LogP contribution in [-0.4, -0.2) is 67.4 Å². The fraction of sp³-hybridized carbons (Fsp3) is 0.725. The number of carboxylic acid groups (broad SMARTS) is 1. The number of aromatic amines is 1. The number of dihydropyridines is 1. The molecule has 1 aromatic rings.